The normalized spacial score (nSPS) is 25.7. The molecule has 0 aromatic rings. The summed E-state index contributed by atoms with van der Waals surface area (Å²) in [5.41, 5.74) is -0.499. The van der Waals surface area contributed by atoms with Gasteiger partial charge in [0.25, 0.3) is 0 Å². The molecule has 1 rings (SSSR count). The molecule has 1 unspecified atom stereocenters. The fourth-order valence-corrected chi connectivity index (χ4v) is 1.65. The maximum absolute atomic E-state index is 11.9. The summed E-state index contributed by atoms with van der Waals surface area (Å²) in [4.78, 5) is 13.5. The molecule has 0 saturated carbocycles. The van der Waals surface area contributed by atoms with Crippen molar-refractivity contribution >= 4 is 6.09 Å². The molecule has 0 saturated heterocycles. The topological polar surface area (TPSA) is 49.8 Å². The molecule has 0 spiro atoms. The van der Waals surface area contributed by atoms with Crippen LogP contribution in [0.2, 0.25) is 0 Å². The summed E-state index contributed by atoms with van der Waals surface area (Å²) < 4.78 is 5.30. The molecule has 0 fully saturated rings. The zero-order chi connectivity index (χ0) is 12.3. The summed E-state index contributed by atoms with van der Waals surface area (Å²) in [6.07, 6.45) is 3.47. The van der Waals surface area contributed by atoms with Crippen molar-refractivity contribution in [3.8, 4) is 0 Å². The highest BCUT2D eigenvalue weighted by Gasteiger charge is 2.29. The molecule has 0 radical (unpaired) electrons. The molecule has 0 aliphatic carbocycles. The van der Waals surface area contributed by atoms with Crippen LogP contribution < -0.4 is 0 Å². The Bertz CT molecular complexity index is 280. The second-order valence-corrected chi connectivity index (χ2v) is 5.06. The van der Waals surface area contributed by atoms with Crippen LogP contribution in [0.3, 0.4) is 0 Å². The number of rotatable bonds is 1. The van der Waals surface area contributed by atoms with Crippen molar-refractivity contribution in [2.75, 3.05) is 6.54 Å². The van der Waals surface area contributed by atoms with E-state index in [2.05, 4.69) is 0 Å². The summed E-state index contributed by atoms with van der Waals surface area (Å²) in [5, 5.41) is 9.50. The molecule has 16 heavy (non-hydrogen) atoms. The maximum Gasteiger partial charge on any atom is 0.410 e. The first-order valence-corrected chi connectivity index (χ1v) is 5.69. The lowest BCUT2D eigenvalue weighted by atomic mass is 10.1. The van der Waals surface area contributed by atoms with Gasteiger partial charge in [-0.15, -0.1) is 0 Å². The molecule has 1 aliphatic rings. The molecule has 92 valence electrons. The monoisotopic (exact) mass is 227 g/mol. The lowest BCUT2D eigenvalue weighted by Crippen LogP contribution is -2.47. The van der Waals surface area contributed by atoms with Gasteiger partial charge in [0.05, 0.1) is 18.7 Å². The van der Waals surface area contributed by atoms with Crippen LogP contribution >= 0.6 is 0 Å². The van der Waals surface area contributed by atoms with E-state index in [-0.39, 0.29) is 12.1 Å². The van der Waals surface area contributed by atoms with Crippen molar-refractivity contribution in [2.45, 2.75) is 51.9 Å². The Labute approximate surface area is 96.9 Å². The lowest BCUT2D eigenvalue weighted by Gasteiger charge is -2.35. The minimum atomic E-state index is -0.588. The number of carbonyl (C=O) groups is 1. The quantitative estimate of drug-likeness (QED) is 0.696. The molecular formula is C12H21NO3. The third kappa shape index (κ3) is 3.52. The summed E-state index contributed by atoms with van der Waals surface area (Å²) in [6, 6.07) is 0.0262. The van der Waals surface area contributed by atoms with Crippen molar-refractivity contribution in [3.05, 3.63) is 12.2 Å². The van der Waals surface area contributed by atoms with Gasteiger partial charge in [-0.2, -0.15) is 0 Å². The van der Waals surface area contributed by atoms with Gasteiger partial charge in [0, 0.05) is 0 Å². The number of aliphatic hydroxyl groups excluding tert-OH is 1. The fraction of sp³-hybridized carbons (Fsp3) is 0.750. The molecule has 1 amide bonds. The van der Waals surface area contributed by atoms with Crippen LogP contribution in [0.15, 0.2) is 12.2 Å². The van der Waals surface area contributed by atoms with Gasteiger partial charge in [0.1, 0.15) is 5.60 Å². The second-order valence-electron chi connectivity index (χ2n) is 5.06. The predicted octanol–water partition coefficient (Wildman–Crippen LogP) is 1.93. The minimum Gasteiger partial charge on any atom is -0.444 e. The molecule has 4 nitrogen and oxygen atoms in total. The number of ether oxygens (including phenoxy) is 1. The first kappa shape index (κ1) is 13.0. The Kier molecular flexibility index (Phi) is 3.97. The van der Waals surface area contributed by atoms with Crippen molar-refractivity contribution in [1.82, 2.24) is 4.90 Å². The molecule has 0 aromatic carbocycles. The van der Waals surface area contributed by atoms with E-state index >= 15 is 0 Å². The zero-order valence-corrected chi connectivity index (χ0v) is 10.4. The number of β-amino-alcohol motifs (C(OH)–C–C–N with tert-alkyl or cyclic N) is 1. The number of hydrogen-bond acceptors (Lipinski definition) is 3. The smallest absolute Gasteiger partial charge is 0.410 e. The van der Waals surface area contributed by atoms with E-state index in [1.54, 1.807) is 11.0 Å². The summed E-state index contributed by atoms with van der Waals surface area (Å²) in [7, 11) is 0. The third-order valence-electron chi connectivity index (χ3n) is 2.39. The number of hydrogen-bond donors (Lipinski definition) is 1. The van der Waals surface area contributed by atoms with Crippen LogP contribution in [0.4, 0.5) is 4.79 Å². The molecule has 2 atom stereocenters. The van der Waals surface area contributed by atoms with E-state index < -0.39 is 11.7 Å². The molecule has 4 heteroatoms. The highest BCUT2D eigenvalue weighted by atomic mass is 16.6. The number of amides is 1. The van der Waals surface area contributed by atoms with Gasteiger partial charge < -0.3 is 9.84 Å². The van der Waals surface area contributed by atoms with E-state index in [1.165, 1.54) is 0 Å². The SMILES string of the molecule is CCC1C=C[C@H](O)CN1C(=O)OC(C)(C)C. The van der Waals surface area contributed by atoms with Gasteiger partial charge in [-0.05, 0) is 27.2 Å². The number of aliphatic hydroxyl groups is 1. The third-order valence-corrected chi connectivity index (χ3v) is 2.39. The van der Waals surface area contributed by atoms with Crippen molar-refractivity contribution in [1.29, 1.82) is 0 Å². The Balaban J connectivity index is 2.70. The van der Waals surface area contributed by atoms with Crippen LogP contribution in [0.5, 0.6) is 0 Å². The Morgan fingerprint density at radius 1 is 1.50 bits per heavy atom. The van der Waals surface area contributed by atoms with Crippen molar-refractivity contribution in [2.24, 2.45) is 0 Å². The van der Waals surface area contributed by atoms with Crippen LogP contribution in [-0.2, 0) is 4.74 Å². The van der Waals surface area contributed by atoms with Gasteiger partial charge in [0.2, 0.25) is 0 Å². The first-order valence-electron chi connectivity index (χ1n) is 5.69. The van der Waals surface area contributed by atoms with Gasteiger partial charge in [-0.25, -0.2) is 4.79 Å². The zero-order valence-electron chi connectivity index (χ0n) is 10.4. The minimum absolute atomic E-state index is 0.0262. The van der Waals surface area contributed by atoms with Crippen LogP contribution in [0.1, 0.15) is 34.1 Å². The summed E-state index contributed by atoms with van der Waals surface area (Å²) >= 11 is 0. The van der Waals surface area contributed by atoms with E-state index in [4.69, 9.17) is 4.74 Å². The average molecular weight is 227 g/mol. The van der Waals surface area contributed by atoms with Gasteiger partial charge in [-0.1, -0.05) is 19.1 Å². The van der Waals surface area contributed by atoms with Crippen molar-refractivity contribution < 1.29 is 14.6 Å². The average Bonchev–Trinajstić information content (AvgIpc) is 2.15. The van der Waals surface area contributed by atoms with Crippen LogP contribution in [-0.4, -0.2) is 40.4 Å². The van der Waals surface area contributed by atoms with E-state index in [1.807, 2.05) is 33.8 Å². The van der Waals surface area contributed by atoms with Gasteiger partial charge in [0.15, 0.2) is 0 Å². The second kappa shape index (κ2) is 4.87. The summed E-state index contributed by atoms with van der Waals surface area (Å²) in [6.45, 7) is 7.82. The van der Waals surface area contributed by atoms with Crippen molar-refractivity contribution in [3.63, 3.8) is 0 Å². The van der Waals surface area contributed by atoms with Crippen LogP contribution in [0.25, 0.3) is 0 Å². The molecule has 1 aliphatic heterocycles. The standard InChI is InChI=1S/C12H21NO3/c1-5-9-6-7-10(14)8-13(9)11(15)16-12(2,3)4/h6-7,9-10,14H,5,8H2,1-4H3/t9?,10-/m0/s1. The maximum atomic E-state index is 11.9. The number of nitrogens with zero attached hydrogens (tertiary/aromatic N) is 1. The Morgan fingerprint density at radius 3 is 2.62 bits per heavy atom. The molecular weight excluding hydrogens is 206 g/mol. The van der Waals surface area contributed by atoms with Gasteiger partial charge in [-0.3, -0.25) is 4.90 Å². The lowest BCUT2D eigenvalue weighted by molar-refractivity contribution is 0.00930. The summed E-state index contributed by atoms with van der Waals surface area (Å²) in [5.74, 6) is 0. The first-order chi connectivity index (χ1) is 7.33. The molecule has 0 bridgehead atoms. The largest absolute Gasteiger partial charge is 0.444 e. The predicted molar refractivity (Wildman–Crippen MR) is 62.2 cm³/mol. The van der Waals surface area contributed by atoms with E-state index in [9.17, 15) is 9.90 Å². The van der Waals surface area contributed by atoms with Crippen LogP contribution in [0, 0.1) is 0 Å². The highest BCUT2D eigenvalue weighted by Crippen LogP contribution is 2.18. The highest BCUT2D eigenvalue weighted by molar-refractivity contribution is 5.69. The fourth-order valence-electron chi connectivity index (χ4n) is 1.65. The Hall–Kier alpha value is -1.03. The molecule has 0 aromatic heterocycles. The van der Waals surface area contributed by atoms with E-state index in [0.717, 1.165) is 6.42 Å². The Morgan fingerprint density at radius 2 is 2.12 bits per heavy atom. The molecule has 1 heterocycles. The number of carbonyl (C=O) groups excluding carboxylic acids is 1. The van der Waals surface area contributed by atoms with Gasteiger partial charge >= 0.3 is 6.09 Å². The molecule has 1 N–H and O–H groups in total. The van der Waals surface area contributed by atoms with E-state index in [0.29, 0.717) is 6.54 Å².